The molecule has 10 heteroatoms. The molecule has 0 saturated heterocycles. The van der Waals surface area contributed by atoms with E-state index >= 15 is 0 Å². The summed E-state index contributed by atoms with van der Waals surface area (Å²) in [5.41, 5.74) is 3.33. The molecule has 0 aliphatic rings. The van der Waals surface area contributed by atoms with Gasteiger partial charge in [-0.25, -0.2) is 10.2 Å². The van der Waals surface area contributed by atoms with Crippen molar-refractivity contribution in [1.82, 2.24) is 5.43 Å². The maximum atomic E-state index is 12.3. The SMILES string of the molecule is COc1cc(C=NNC(=O)c2ccc([N+](=O)[O-])cc2)ccc1OC(=O)c1ccc(Cl)cc1. The lowest BCUT2D eigenvalue weighted by Crippen LogP contribution is -2.17. The van der Waals surface area contributed by atoms with Gasteiger partial charge in [0.05, 0.1) is 23.8 Å². The molecule has 3 aromatic carbocycles. The summed E-state index contributed by atoms with van der Waals surface area (Å²) >= 11 is 5.82. The van der Waals surface area contributed by atoms with Gasteiger partial charge in [0.2, 0.25) is 0 Å². The summed E-state index contributed by atoms with van der Waals surface area (Å²) in [6, 6.07) is 16.1. The molecule has 0 saturated carbocycles. The topological polar surface area (TPSA) is 120 Å². The van der Waals surface area contributed by atoms with Crippen molar-refractivity contribution in [2.24, 2.45) is 5.10 Å². The van der Waals surface area contributed by atoms with Crippen LogP contribution in [0.1, 0.15) is 26.3 Å². The van der Waals surface area contributed by atoms with E-state index in [1.807, 2.05) is 0 Å². The van der Waals surface area contributed by atoms with Crippen LogP contribution < -0.4 is 14.9 Å². The number of ether oxygens (including phenoxy) is 2. The van der Waals surface area contributed by atoms with Crippen molar-refractivity contribution in [1.29, 1.82) is 0 Å². The molecule has 1 N–H and O–H groups in total. The lowest BCUT2D eigenvalue weighted by atomic mass is 10.2. The van der Waals surface area contributed by atoms with E-state index in [1.54, 1.807) is 36.4 Å². The molecule has 32 heavy (non-hydrogen) atoms. The van der Waals surface area contributed by atoms with Crippen molar-refractivity contribution >= 4 is 35.4 Å². The Labute approximate surface area is 187 Å². The highest BCUT2D eigenvalue weighted by Gasteiger charge is 2.13. The molecule has 3 aromatic rings. The van der Waals surface area contributed by atoms with Crippen LogP contribution in [0.2, 0.25) is 5.02 Å². The molecule has 0 fully saturated rings. The number of nitrogens with one attached hydrogen (secondary N) is 1. The van der Waals surface area contributed by atoms with Crippen molar-refractivity contribution in [2.75, 3.05) is 7.11 Å². The van der Waals surface area contributed by atoms with Gasteiger partial charge in [-0.15, -0.1) is 0 Å². The highest BCUT2D eigenvalue weighted by atomic mass is 35.5. The van der Waals surface area contributed by atoms with Crippen molar-refractivity contribution in [3.05, 3.63) is 98.6 Å². The summed E-state index contributed by atoms with van der Waals surface area (Å²) in [6.45, 7) is 0. The van der Waals surface area contributed by atoms with Crippen LogP contribution in [0.5, 0.6) is 11.5 Å². The Balaban J connectivity index is 1.65. The Bertz CT molecular complexity index is 1180. The van der Waals surface area contributed by atoms with Gasteiger partial charge in [-0.3, -0.25) is 14.9 Å². The van der Waals surface area contributed by atoms with Gasteiger partial charge in [-0.1, -0.05) is 11.6 Å². The molecule has 9 nitrogen and oxygen atoms in total. The number of non-ortho nitro benzene ring substituents is 1. The van der Waals surface area contributed by atoms with Crippen LogP contribution in [0.3, 0.4) is 0 Å². The van der Waals surface area contributed by atoms with E-state index in [4.69, 9.17) is 21.1 Å². The normalized spacial score (nSPS) is 10.6. The fraction of sp³-hybridized carbons (Fsp3) is 0.0455. The molecule has 0 aliphatic heterocycles. The standard InChI is InChI=1S/C22H16ClN3O6/c1-31-20-12-14(2-11-19(20)32-22(28)16-3-7-17(23)8-4-16)13-24-25-21(27)15-5-9-18(10-6-15)26(29)30/h2-13H,1H3,(H,25,27). The van der Waals surface area contributed by atoms with E-state index in [1.165, 1.54) is 43.7 Å². The number of hydrogen-bond acceptors (Lipinski definition) is 7. The molecule has 0 unspecified atom stereocenters. The van der Waals surface area contributed by atoms with E-state index < -0.39 is 16.8 Å². The molecule has 0 atom stereocenters. The van der Waals surface area contributed by atoms with Gasteiger partial charge in [0.15, 0.2) is 11.5 Å². The van der Waals surface area contributed by atoms with Gasteiger partial charge in [-0.2, -0.15) is 5.10 Å². The third kappa shape index (κ3) is 5.67. The lowest BCUT2D eigenvalue weighted by Gasteiger charge is -2.10. The first-order valence-corrected chi connectivity index (χ1v) is 9.49. The fourth-order valence-corrected chi connectivity index (χ4v) is 2.68. The Morgan fingerprint density at radius 1 is 1.00 bits per heavy atom. The molecule has 0 spiro atoms. The minimum absolute atomic E-state index is 0.117. The molecular weight excluding hydrogens is 438 g/mol. The largest absolute Gasteiger partial charge is 0.493 e. The first-order valence-electron chi connectivity index (χ1n) is 9.11. The molecule has 162 valence electrons. The van der Waals surface area contributed by atoms with Crippen molar-refractivity contribution < 1.29 is 24.0 Å². The number of methoxy groups -OCH3 is 1. The van der Waals surface area contributed by atoms with E-state index in [2.05, 4.69) is 10.5 Å². The van der Waals surface area contributed by atoms with Crippen LogP contribution in [0.25, 0.3) is 0 Å². The van der Waals surface area contributed by atoms with Gasteiger partial charge >= 0.3 is 5.97 Å². The minimum atomic E-state index is -0.572. The number of halogens is 1. The first kappa shape index (κ1) is 22.4. The molecule has 0 heterocycles. The van der Waals surface area contributed by atoms with E-state index in [9.17, 15) is 19.7 Å². The van der Waals surface area contributed by atoms with Gasteiger partial charge in [0.25, 0.3) is 11.6 Å². The van der Waals surface area contributed by atoms with Crippen molar-refractivity contribution in [2.45, 2.75) is 0 Å². The number of esters is 1. The molecule has 1 amide bonds. The van der Waals surface area contributed by atoms with Gasteiger partial charge in [-0.05, 0) is 60.2 Å². The second-order valence-corrected chi connectivity index (χ2v) is 6.75. The quantitative estimate of drug-likeness (QED) is 0.188. The van der Waals surface area contributed by atoms with Gasteiger partial charge in [0, 0.05) is 22.7 Å². The van der Waals surface area contributed by atoms with Crippen molar-refractivity contribution in [3.63, 3.8) is 0 Å². The molecule has 3 rings (SSSR count). The Morgan fingerprint density at radius 2 is 1.66 bits per heavy atom. The number of carbonyl (C=O) groups excluding carboxylic acids is 2. The summed E-state index contributed by atoms with van der Waals surface area (Å²) in [7, 11) is 1.42. The number of nitro benzene ring substituents is 1. The second-order valence-electron chi connectivity index (χ2n) is 6.31. The molecule has 0 aliphatic carbocycles. The van der Waals surface area contributed by atoms with E-state index in [-0.39, 0.29) is 22.7 Å². The van der Waals surface area contributed by atoms with Crippen LogP contribution in [0, 0.1) is 10.1 Å². The number of hydrazone groups is 1. The smallest absolute Gasteiger partial charge is 0.343 e. The number of benzene rings is 3. The van der Waals surface area contributed by atoms with Crippen LogP contribution >= 0.6 is 11.6 Å². The zero-order valence-electron chi connectivity index (χ0n) is 16.7. The van der Waals surface area contributed by atoms with Crippen molar-refractivity contribution in [3.8, 4) is 11.5 Å². The Morgan fingerprint density at radius 3 is 2.28 bits per heavy atom. The number of rotatable bonds is 7. The third-order valence-corrected chi connectivity index (χ3v) is 4.44. The molecule has 0 radical (unpaired) electrons. The highest BCUT2D eigenvalue weighted by Crippen LogP contribution is 2.28. The van der Waals surface area contributed by atoms with Crippen LogP contribution in [-0.4, -0.2) is 30.1 Å². The fourth-order valence-electron chi connectivity index (χ4n) is 2.56. The predicted octanol–water partition coefficient (Wildman–Crippen LogP) is 4.24. The highest BCUT2D eigenvalue weighted by molar-refractivity contribution is 6.30. The van der Waals surface area contributed by atoms with Gasteiger partial charge < -0.3 is 9.47 Å². The number of amides is 1. The van der Waals surface area contributed by atoms with E-state index in [0.29, 0.717) is 16.1 Å². The minimum Gasteiger partial charge on any atom is -0.493 e. The Hall–Kier alpha value is -4.24. The zero-order chi connectivity index (χ0) is 23.1. The second kappa shape index (κ2) is 10.2. The van der Waals surface area contributed by atoms with Crippen LogP contribution in [0.15, 0.2) is 71.8 Å². The third-order valence-electron chi connectivity index (χ3n) is 4.19. The van der Waals surface area contributed by atoms with Crippen LogP contribution in [-0.2, 0) is 0 Å². The van der Waals surface area contributed by atoms with Gasteiger partial charge in [0.1, 0.15) is 0 Å². The summed E-state index contributed by atoms with van der Waals surface area (Å²) < 4.78 is 10.6. The lowest BCUT2D eigenvalue weighted by molar-refractivity contribution is -0.384. The first-order chi connectivity index (χ1) is 15.4. The zero-order valence-corrected chi connectivity index (χ0v) is 17.4. The monoisotopic (exact) mass is 453 g/mol. The average molecular weight is 454 g/mol. The summed E-state index contributed by atoms with van der Waals surface area (Å²) in [5.74, 6) is -0.606. The molecular formula is C22H16ClN3O6. The number of nitrogens with zero attached hydrogens (tertiary/aromatic N) is 2. The molecule has 0 bridgehead atoms. The maximum Gasteiger partial charge on any atom is 0.343 e. The maximum absolute atomic E-state index is 12.3. The summed E-state index contributed by atoms with van der Waals surface area (Å²) in [4.78, 5) is 34.5. The number of hydrogen-bond donors (Lipinski definition) is 1. The predicted molar refractivity (Wildman–Crippen MR) is 118 cm³/mol. The van der Waals surface area contributed by atoms with Crippen LogP contribution in [0.4, 0.5) is 5.69 Å². The molecule has 0 aromatic heterocycles. The average Bonchev–Trinajstić information content (AvgIpc) is 2.80. The van der Waals surface area contributed by atoms with E-state index in [0.717, 1.165) is 0 Å². The summed E-state index contributed by atoms with van der Waals surface area (Å²) in [6.07, 6.45) is 1.37. The summed E-state index contributed by atoms with van der Waals surface area (Å²) in [5, 5.41) is 15.0. The Kier molecular flexibility index (Phi) is 7.14. The number of nitro groups is 1. The number of carbonyl (C=O) groups is 2.